The lowest BCUT2D eigenvalue weighted by molar-refractivity contribution is -0.141. The smallest absolute Gasteiger partial charge is 0.324 e. The van der Waals surface area contributed by atoms with Gasteiger partial charge in [0.2, 0.25) is 0 Å². The fourth-order valence-electron chi connectivity index (χ4n) is 3.72. The molecule has 154 valence electrons. The van der Waals surface area contributed by atoms with Gasteiger partial charge in [0.1, 0.15) is 22.2 Å². The highest BCUT2D eigenvalue weighted by atomic mass is 32.2. The van der Waals surface area contributed by atoms with Gasteiger partial charge in [-0.15, -0.1) is 11.8 Å². The molecule has 0 amide bonds. The number of nitrogens with zero attached hydrogens (tertiary/aromatic N) is 5. The zero-order valence-corrected chi connectivity index (χ0v) is 17.4. The molecule has 9 heteroatoms. The number of hydrogen-bond donors (Lipinski definition) is 0. The summed E-state index contributed by atoms with van der Waals surface area (Å²) >= 11 is 1.66. The number of aromatic nitrogens is 5. The Kier molecular flexibility index (Phi) is 5.18. The average molecular weight is 421 g/mol. The van der Waals surface area contributed by atoms with Crippen LogP contribution in [0.5, 0.6) is 0 Å². The summed E-state index contributed by atoms with van der Waals surface area (Å²) < 4.78 is 43.0. The number of fused-ring (bicyclic) bond motifs is 1. The molecular formula is C20H22F3N5S. The molecule has 0 unspecified atom stereocenters. The molecule has 4 rings (SSSR count). The largest absolute Gasteiger partial charge is 0.433 e. The maximum atomic E-state index is 13.1. The number of alkyl halides is 3. The predicted octanol–water partition coefficient (Wildman–Crippen LogP) is 5.46. The molecule has 0 spiro atoms. The first kappa shape index (κ1) is 20.0. The summed E-state index contributed by atoms with van der Waals surface area (Å²) in [6.45, 7) is 2.06. The van der Waals surface area contributed by atoms with Crippen LogP contribution in [-0.4, -0.2) is 29.8 Å². The molecule has 0 fully saturated rings. The van der Waals surface area contributed by atoms with Crippen LogP contribution in [0.25, 0.3) is 28.1 Å². The Morgan fingerprint density at radius 3 is 2.55 bits per heavy atom. The number of aryl methyl sites for hydroxylation is 1. The van der Waals surface area contributed by atoms with Crippen LogP contribution in [0, 0.1) is 0 Å². The zero-order chi connectivity index (χ0) is 20.8. The second-order valence-corrected chi connectivity index (χ2v) is 8.36. The van der Waals surface area contributed by atoms with Crippen LogP contribution in [0.4, 0.5) is 13.2 Å². The quantitative estimate of drug-likeness (QED) is 0.525. The summed E-state index contributed by atoms with van der Waals surface area (Å²) in [6.07, 6.45) is 3.34. The van der Waals surface area contributed by atoms with Gasteiger partial charge in [-0.25, -0.2) is 15.0 Å². The summed E-state index contributed by atoms with van der Waals surface area (Å²) in [5, 5.41) is 0.969. The molecular weight excluding hydrogens is 399 g/mol. The van der Waals surface area contributed by atoms with Crippen molar-refractivity contribution in [3.8, 4) is 11.5 Å². The van der Waals surface area contributed by atoms with E-state index < -0.39 is 11.9 Å². The van der Waals surface area contributed by atoms with Gasteiger partial charge < -0.3 is 9.13 Å². The van der Waals surface area contributed by atoms with E-state index >= 15 is 0 Å². The van der Waals surface area contributed by atoms with Crippen molar-refractivity contribution in [3.63, 3.8) is 0 Å². The van der Waals surface area contributed by atoms with E-state index in [1.807, 2.05) is 7.05 Å². The fourth-order valence-corrected chi connectivity index (χ4v) is 4.54. The maximum Gasteiger partial charge on any atom is 0.433 e. The zero-order valence-electron chi connectivity index (χ0n) is 16.5. The molecule has 5 nitrogen and oxygen atoms in total. The number of pyridine rings is 1. The van der Waals surface area contributed by atoms with Crippen LogP contribution >= 0.6 is 11.8 Å². The molecule has 3 aromatic rings. The lowest BCUT2D eigenvalue weighted by Crippen LogP contribution is -2.07. The minimum absolute atomic E-state index is 0.265. The summed E-state index contributed by atoms with van der Waals surface area (Å²) in [4.78, 5) is 13.0. The van der Waals surface area contributed by atoms with Gasteiger partial charge in [0.15, 0.2) is 5.82 Å². The van der Waals surface area contributed by atoms with E-state index in [2.05, 4.69) is 27.5 Å². The summed E-state index contributed by atoms with van der Waals surface area (Å²) in [6, 6.07) is 0.999. The third-order valence-corrected chi connectivity index (χ3v) is 6.20. The van der Waals surface area contributed by atoms with Crippen LogP contribution < -0.4 is 0 Å². The minimum Gasteiger partial charge on any atom is -0.324 e. The van der Waals surface area contributed by atoms with E-state index in [-0.39, 0.29) is 5.52 Å². The fraction of sp³-hybridized carbons (Fsp3) is 0.450. The van der Waals surface area contributed by atoms with Crippen molar-refractivity contribution in [3.05, 3.63) is 29.9 Å². The monoisotopic (exact) mass is 421 g/mol. The Morgan fingerprint density at radius 1 is 1.10 bits per heavy atom. The van der Waals surface area contributed by atoms with Gasteiger partial charge in [-0.3, -0.25) is 0 Å². The standard InChI is InChI=1S/C20H22F3N5S/c1-4-29-19-16(26-17(28(19)3)12-8-6-5-7-9-12)18-25-13-10-15(20(21,22)23)24-11-14(13)27(18)2/h8,10-11H,4-7,9H2,1-3H3. The molecule has 1 aliphatic carbocycles. The molecule has 0 aromatic carbocycles. The molecule has 0 atom stereocenters. The molecule has 1 aliphatic rings. The molecule has 29 heavy (non-hydrogen) atoms. The summed E-state index contributed by atoms with van der Waals surface area (Å²) in [5.74, 6) is 2.32. The van der Waals surface area contributed by atoms with E-state index in [1.165, 1.54) is 18.2 Å². The number of hydrogen-bond acceptors (Lipinski definition) is 4. The van der Waals surface area contributed by atoms with Crippen molar-refractivity contribution in [1.82, 2.24) is 24.1 Å². The lowest BCUT2D eigenvalue weighted by atomic mass is 9.99. The minimum atomic E-state index is -4.50. The van der Waals surface area contributed by atoms with Gasteiger partial charge in [-0.05, 0) is 43.1 Å². The van der Waals surface area contributed by atoms with Crippen LogP contribution in [-0.2, 0) is 20.3 Å². The molecule has 0 bridgehead atoms. The van der Waals surface area contributed by atoms with Gasteiger partial charge in [-0.2, -0.15) is 13.2 Å². The SMILES string of the molecule is CCSc1c(-c2nc3cc(C(F)(F)F)ncc3n2C)nc(C2=CCCCC2)n1C. The molecule has 0 N–H and O–H groups in total. The van der Waals surface area contributed by atoms with Crippen molar-refractivity contribution in [1.29, 1.82) is 0 Å². The first-order valence-electron chi connectivity index (χ1n) is 9.60. The van der Waals surface area contributed by atoms with E-state index in [1.54, 1.807) is 23.4 Å². The number of thioether (sulfide) groups is 1. The summed E-state index contributed by atoms with van der Waals surface area (Å²) in [5.41, 5.74) is 1.80. The maximum absolute atomic E-state index is 13.1. The highest BCUT2D eigenvalue weighted by Gasteiger charge is 2.33. The summed E-state index contributed by atoms with van der Waals surface area (Å²) in [7, 11) is 3.78. The Balaban J connectivity index is 1.88. The van der Waals surface area contributed by atoms with Crippen molar-refractivity contribution in [2.24, 2.45) is 14.1 Å². The van der Waals surface area contributed by atoms with Crippen molar-refractivity contribution in [2.75, 3.05) is 5.75 Å². The molecule has 0 radical (unpaired) electrons. The second-order valence-electron chi connectivity index (χ2n) is 7.11. The average Bonchev–Trinajstić information content (AvgIpc) is 3.19. The van der Waals surface area contributed by atoms with Gasteiger partial charge in [0.05, 0.1) is 17.2 Å². The van der Waals surface area contributed by atoms with Crippen LogP contribution in [0.2, 0.25) is 0 Å². The van der Waals surface area contributed by atoms with E-state index in [4.69, 9.17) is 4.98 Å². The van der Waals surface area contributed by atoms with Crippen LogP contribution in [0.1, 0.15) is 44.1 Å². The van der Waals surface area contributed by atoms with Gasteiger partial charge in [0, 0.05) is 14.1 Å². The third-order valence-electron chi connectivity index (χ3n) is 5.17. The van der Waals surface area contributed by atoms with Crippen molar-refractivity contribution >= 4 is 28.4 Å². The van der Waals surface area contributed by atoms with Gasteiger partial charge in [-0.1, -0.05) is 13.0 Å². The topological polar surface area (TPSA) is 48.5 Å². The molecule has 0 aliphatic heterocycles. The predicted molar refractivity (Wildman–Crippen MR) is 109 cm³/mol. The van der Waals surface area contributed by atoms with Crippen LogP contribution in [0.15, 0.2) is 23.4 Å². The number of imidazole rings is 2. The molecule has 3 aromatic heterocycles. The number of allylic oxidation sites excluding steroid dienone is 2. The lowest BCUT2D eigenvalue weighted by Gasteiger charge is -2.12. The van der Waals surface area contributed by atoms with E-state index in [9.17, 15) is 13.2 Å². The van der Waals surface area contributed by atoms with Gasteiger partial charge >= 0.3 is 6.18 Å². The van der Waals surface area contributed by atoms with E-state index in [0.29, 0.717) is 17.0 Å². The Bertz CT molecular complexity index is 1090. The number of halogens is 3. The first-order chi connectivity index (χ1) is 13.8. The van der Waals surface area contributed by atoms with Crippen molar-refractivity contribution in [2.45, 2.75) is 43.8 Å². The van der Waals surface area contributed by atoms with E-state index in [0.717, 1.165) is 41.9 Å². The van der Waals surface area contributed by atoms with Crippen molar-refractivity contribution < 1.29 is 13.2 Å². The normalized spacial score (nSPS) is 15.2. The number of rotatable bonds is 4. The first-order valence-corrected chi connectivity index (χ1v) is 10.6. The molecule has 0 saturated carbocycles. The Morgan fingerprint density at radius 2 is 1.90 bits per heavy atom. The Hall–Kier alpha value is -2.29. The highest BCUT2D eigenvalue weighted by molar-refractivity contribution is 7.99. The van der Waals surface area contributed by atoms with Gasteiger partial charge in [0.25, 0.3) is 0 Å². The van der Waals surface area contributed by atoms with Crippen LogP contribution in [0.3, 0.4) is 0 Å². The molecule has 3 heterocycles. The Labute approximate surface area is 171 Å². The third kappa shape index (κ3) is 3.56. The second kappa shape index (κ2) is 7.51. The molecule has 0 saturated heterocycles. The highest BCUT2D eigenvalue weighted by Crippen LogP contribution is 2.37.